The maximum Gasteiger partial charge on any atom is 0.163 e. The van der Waals surface area contributed by atoms with Crippen LogP contribution in [0, 0.1) is 0 Å². The van der Waals surface area contributed by atoms with E-state index in [1.165, 1.54) is 11.1 Å². The molecule has 2 aromatic carbocycles. The lowest BCUT2D eigenvalue weighted by Gasteiger charge is -2.31. The summed E-state index contributed by atoms with van der Waals surface area (Å²) < 4.78 is 12.1. The second-order valence-corrected chi connectivity index (χ2v) is 7.67. The fourth-order valence-corrected chi connectivity index (χ4v) is 3.76. The van der Waals surface area contributed by atoms with Gasteiger partial charge in [0.15, 0.2) is 5.79 Å². The van der Waals surface area contributed by atoms with E-state index in [2.05, 4.69) is 59.5 Å². The van der Waals surface area contributed by atoms with Gasteiger partial charge in [0.25, 0.3) is 0 Å². The van der Waals surface area contributed by atoms with E-state index in [-0.39, 0.29) is 12.0 Å². The molecule has 2 unspecified atom stereocenters. The van der Waals surface area contributed by atoms with E-state index >= 15 is 0 Å². The summed E-state index contributed by atoms with van der Waals surface area (Å²) in [5.74, 6) is 0.334. The molecule has 0 aromatic heterocycles. The molecule has 140 valence electrons. The Morgan fingerprint density at radius 2 is 1.73 bits per heavy atom. The lowest BCUT2D eigenvalue weighted by molar-refractivity contribution is -0.141. The molecule has 3 rings (SSSR count). The van der Waals surface area contributed by atoms with Crippen molar-refractivity contribution < 1.29 is 9.47 Å². The van der Waals surface area contributed by atoms with Crippen molar-refractivity contribution in [3.05, 3.63) is 71.8 Å². The Balaban J connectivity index is 1.78. The van der Waals surface area contributed by atoms with Crippen LogP contribution in [0.15, 0.2) is 60.7 Å². The molecular formula is C22H28ClNO2. The minimum atomic E-state index is -0.519. The Morgan fingerprint density at radius 3 is 2.31 bits per heavy atom. The number of benzene rings is 2. The van der Waals surface area contributed by atoms with Crippen molar-refractivity contribution in [2.45, 2.75) is 38.2 Å². The van der Waals surface area contributed by atoms with E-state index in [9.17, 15) is 0 Å². The normalized spacial score (nSPS) is 20.4. The number of nitrogens with zero attached hydrogens (tertiary/aromatic N) is 1. The number of hydrogen-bond donors (Lipinski definition) is 0. The van der Waals surface area contributed by atoms with Crippen molar-refractivity contribution in [1.82, 2.24) is 4.90 Å². The standard InChI is InChI=1S/C22H28ClNO2/c1-22(2)25-17-21(26-22)20(19-11-7-4-8-12-19)16-24(14-13-23)15-18-9-5-3-6-10-18/h3-12,20-21H,13-17H2,1-2H3. The molecule has 1 saturated heterocycles. The first-order valence-electron chi connectivity index (χ1n) is 9.26. The van der Waals surface area contributed by atoms with Crippen LogP contribution in [0.5, 0.6) is 0 Å². The number of ether oxygens (including phenoxy) is 2. The van der Waals surface area contributed by atoms with Crippen LogP contribution in [0.3, 0.4) is 0 Å². The van der Waals surface area contributed by atoms with Gasteiger partial charge in [-0.15, -0.1) is 11.6 Å². The van der Waals surface area contributed by atoms with Gasteiger partial charge in [0, 0.05) is 31.4 Å². The first-order valence-corrected chi connectivity index (χ1v) is 9.80. The van der Waals surface area contributed by atoms with Crippen LogP contribution in [-0.2, 0) is 16.0 Å². The molecular weight excluding hydrogens is 346 g/mol. The summed E-state index contributed by atoms with van der Waals surface area (Å²) in [6, 6.07) is 21.1. The van der Waals surface area contributed by atoms with Crippen molar-refractivity contribution in [3.63, 3.8) is 0 Å². The zero-order valence-electron chi connectivity index (χ0n) is 15.6. The molecule has 0 spiro atoms. The molecule has 2 aromatic rings. The highest BCUT2D eigenvalue weighted by Crippen LogP contribution is 2.33. The molecule has 26 heavy (non-hydrogen) atoms. The van der Waals surface area contributed by atoms with Crippen molar-refractivity contribution in [2.75, 3.05) is 25.6 Å². The number of halogens is 1. The lowest BCUT2D eigenvalue weighted by Crippen LogP contribution is -2.36. The Hall–Kier alpha value is -1.39. The quantitative estimate of drug-likeness (QED) is 0.628. The molecule has 0 radical (unpaired) electrons. The van der Waals surface area contributed by atoms with Gasteiger partial charge in [0.05, 0.1) is 12.7 Å². The van der Waals surface area contributed by atoms with E-state index in [1.807, 2.05) is 19.9 Å². The van der Waals surface area contributed by atoms with Gasteiger partial charge in [-0.25, -0.2) is 0 Å². The third kappa shape index (κ3) is 5.31. The summed E-state index contributed by atoms with van der Waals surface area (Å²) in [6.07, 6.45) is 0.0426. The highest BCUT2D eigenvalue weighted by atomic mass is 35.5. The SMILES string of the molecule is CC1(C)OCC(C(CN(CCCl)Cc2ccccc2)c2ccccc2)O1. The molecule has 2 atom stereocenters. The van der Waals surface area contributed by atoms with Crippen LogP contribution < -0.4 is 0 Å². The highest BCUT2D eigenvalue weighted by molar-refractivity contribution is 6.18. The van der Waals surface area contributed by atoms with Gasteiger partial charge in [-0.2, -0.15) is 0 Å². The van der Waals surface area contributed by atoms with Crippen LogP contribution in [-0.4, -0.2) is 42.4 Å². The maximum atomic E-state index is 6.21. The molecule has 0 saturated carbocycles. The Morgan fingerprint density at radius 1 is 1.08 bits per heavy atom. The van der Waals surface area contributed by atoms with Crippen LogP contribution in [0.4, 0.5) is 0 Å². The van der Waals surface area contributed by atoms with Crippen LogP contribution >= 0.6 is 11.6 Å². The van der Waals surface area contributed by atoms with Crippen molar-refractivity contribution in [3.8, 4) is 0 Å². The zero-order valence-corrected chi connectivity index (χ0v) is 16.4. The number of hydrogen-bond acceptors (Lipinski definition) is 3. The van der Waals surface area contributed by atoms with Crippen LogP contribution in [0.2, 0.25) is 0 Å². The highest BCUT2D eigenvalue weighted by Gasteiger charge is 2.38. The predicted octanol–water partition coefficient (Wildman–Crippen LogP) is 4.66. The first-order chi connectivity index (χ1) is 12.6. The Labute approximate surface area is 161 Å². The van der Waals surface area contributed by atoms with E-state index in [0.29, 0.717) is 12.5 Å². The topological polar surface area (TPSA) is 21.7 Å². The Bertz CT molecular complexity index is 662. The summed E-state index contributed by atoms with van der Waals surface area (Å²) in [5, 5.41) is 0. The second-order valence-electron chi connectivity index (χ2n) is 7.29. The molecule has 0 amide bonds. The summed E-state index contributed by atoms with van der Waals surface area (Å²) in [6.45, 7) is 7.19. The van der Waals surface area contributed by atoms with E-state index in [0.717, 1.165) is 19.6 Å². The molecule has 1 aliphatic heterocycles. The molecule has 0 N–H and O–H groups in total. The van der Waals surface area contributed by atoms with E-state index in [4.69, 9.17) is 21.1 Å². The third-order valence-electron chi connectivity index (χ3n) is 4.81. The van der Waals surface area contributed by atoms with Gasteiger partial charge < -0.3 is 9.47 Å². The summed E-state index contributed by atoms with van der Waals surface area (Å²) in [4.78, 5) is 2.41. The fraction of sp³-hybridized carbons (Fsp3) is 0.455. The van der Waals surface area contributed by atoms with Gasteiger partial charge in [-0.1, -0.05) is 60.7 Å². The van der Waals surface area contributed by atoms with Gasteiger partial charge >= 0.3 is 0 Å². The fourth-order valence-electron chi connectivity index (χ4n) is 3.53. The molecule has 1 fully saturated rings. The average molecular weight is 374 g/mol. The summed E-state index contributed by atoms with van der Waals surface area (Å²) in [5.41, 5.74) is 2.58. The summed E-state index contributed by atoms with van der Waals surface area (Å²) in [7, 11) is 0. The Kier molecular flexibility index (Phi) is 6.71. The van der Waals surface area contributed by atoms with Crippen LogP contribution in [0.1, 0.15) is 30.9 Å². The second kappa shape index (κ2) is 9.01. The molecule has 0 aliphatic carbocycles. The van der Waals surface area contributed by atoms with Gasteiger partial charge in [0.2, 0.25) is 0 Å². The minimum absolute atomic E-state index is 0.0426. The molecule has 1 aliphatic rings. The molecule has 3 nitrogen and oxygen atoms in total. The number of rotatable bonds is 8. The predicted molar refractivity (Wildman–Crippen MR) is 107 cm³/mol. The van der Waals surface area contributed by atoms with Crippen LogP contribution in [0.25, 0.3) is 0 Å². The lowest BCUT2D eigenvalue weighted by atomic mass is 9.92. The van der Waals surface area contributed by atoms with Crippen molar-refractivity contribution >= 4 is 11.6 Å². The van der Waals surface area contributed by atoms with Crippen molar-refractivity contribution in [1.29, 1.82) is 0 Å². The molecule has 1 heterocycles. The molecule has 0 bridgehead atoms. The first kappa shape index (κ1) is 19.4. The van der Waals surface area contributed by atoms with Gasteiger partial charge in [-0.3, -0.25) is 4.90 Å². The smallest absolute Gasteiger partial charge is 0.163 e. The van der Waals surface area contributed by atoms with E-state index < -0.39 is 5.79 Å². The number of alkyl halides is 1. The monoisotopic (exact) mass is 373 g/mol. The van der Waals surface area contributed by atoms with E-state index in [1.54, 1.807) is 0 Å². The van der Waals surface area contributed by atoms with Gasteiger partial charge in [-0.05, 0) is 25.0 Å². The zero-order chi connectivity index (χ0) is 18.4. The largest absolute Gasteiger partial charge is 0.348 e. The molecule has 4 heteroatoms. The van der Waals surface area contributed by atoms with Gasteiger partial charge in [0.1, 0.15) is 0 Å². The minimum Gasteiger partial charge on any atom is -0.348 e. The maximum absolute atomic E-state index is 6.21. The van der Waals surface area contributed by atoms with Crippen molar-refractivity contribution in [2.24, 2.45) is 0 Å². The summed E-state index contributed by atoms with van der Waals surface area (Å²) >= 11 is 6.10. The average Bonchev–Trinajstić information content (AvgIpc) is 3.01. The third-order valence-corrected chi connectivity index (χ3v) is 4.98.